The average Bonchev–Trinajstić information content (AvgIpc) is 1.68. The van der Waals surface area contributed by atoms with Gasteiger partial charge in [-0.25, -0.2) is 0 Å². The number of hydrogen-bond acceptors (Lipinski definition) is 1. The molecule has 0 nitrogen and oxygen atoms in total. The monoisotopic (exact) mass is 202 g/mol. The molecule has 0 aliphatic heterocycles. The summed E-state index contributed by atoms with van der Waals surface area (Å²) in [6.45, 7) is 0. The zero-order valence-electron chi connectivity index (χ0n) is 4.27. The first kappa shape index (κ1) is 7.90. The van der Waals surface area contributed by atoms with Crippen molar-refractivity contribution < 1.29 is 0 Å². The Morgan fingerprint density at radius 3 is 2.57 bits per heavy atom. The molecule has 0 N–H and O–H groups in total. The summed E-state index contributed by atoms with van der Waals surface area (Å²) in [4.78, 5) is 2.05. The normalized spacial score (nSPS) is 12.1. The molecule has 0 amide bonds. The molecule has 0 aromatic heterocycles. The summed E-state index contributed by atoms with van der Waals surface area (Å²) < 4.78 is 0.919. The van der Waals surface area contributed by atoms with Crippen LogP contribution in [0.3, 0.4) is 0 Å². The third-order valence-electron chi connectivity index (χ3n) is 0.406. The average molecular weight is 202 g/mol. The molecule has 0 bridgehead atoms. The molecule has 0 unspecified atom stereocenters. The maximum absolute atomic E-state index is 5.61. The van der Waals surface area contributed by atoms with Crippen LogP contribution in [0.25, 0.3) is 0 Å². The predicted molar refractivity (Wildman–Crippen MR) is 39.1 cm³/mol. The van der Waals surface area contributed by atoms with Gasteiger partial charge in [-0.05, 0) is 0 Å². The fraction of sp³-hybridized carbons (Fsp3) is 0.500. The van der Waals surface area contributed by atoms with Crippen molar-refractivity contribution in [3.8, 4) is 0 Å². The van der Waals surface area contributed by atoms with Crippen molar-refractivity contribution in [3.05, 3.63) is 9.34 Å². The molecule has 0 aromatic carbocycles. The van der Waals surface area contributed by atoms with Gasteiger partial charge < -0.3 is 0 Å². The van der Waals surface area contributed by atoms with Gasteiger partial charge in [0.05, 0.1) is 0 Å². The molecule has 0 radical (unpaired) electrons. The first-order valence-electron chi connectivity index (χ1n) is 1.73. The van der Waals surface area contributed by atoms with Crippen LogP contribution in [-0.2, 0) is 0 Å². The summed E-state index contributed by atoms with van der Waals surface area (Å²) >= 11 is 7.78. The van der Waals surface area contributed by atoms with Crippen LogP contribution in [0.2, 0.25) is 5.82 Å². The maximum atomic E-state index is 5.61. The van der Waals surface area contributed by atoms with Crippen LogP contribution in [-0.4, -0.2) is 21.2 Å². The molecule has 0 aromatic rings. The number of hydrogen-bond donors (Lipinski definition) is 0. The third-order valence-corrected chi connectivity index (χ3v) is 3.10. The Bertz CT molecular complexity index is 72.1. The van der Waals surface area contributed by atoms with Gasteiger partial charge in [-0.2, -0.15) is 0 Å². The molecule has 0 saturated heterocycles. The van der Waals surface area contributed by atoms with E-state index in [0.29, 0.717) is 15.0 Å². The van der Waals surface area contributed by atoms with E-state index in [1.165, 1.54) is 0 Å². The Kier molecular flexibility index (Phi) is 5.69. The predicted octanol–water partition coefficient (Wildman–Crippen LogP) is 2.14. The Morgan fingerprint density at radius 2 is 2.43 bits per heavy atom. The molecular formula is C4H7ClSSe. The second-order valence-electron chi connectivity index (χ2n) is 0.862. The van der Waals surface area contributed by atoms with Gasteiger partial charge in [-0.15, -0.1) is 0 Å². The van der Waals surface area contributed by atoms with Gasteiger partial charge in [0.25, 0.3) is 0 Å². The van der Waals surface area contributed by atoms with Gasteiger partial charge in [0.2, 0.25) is 0 Å². The molecule has 0 heterocycles. The summed E-state index contributed by atoms with van der Waals surface area (Å²) in [5, 5.41) is 0. The topological polar surface area (TPSA) is 0 Å². The van der Waals surface area contributed by atoms with E-state index in [1.54, 1.807) is 11.8 Å². The molecule has 0 fully saturated rings. The van der Waals surface area contributed by atoms with E-state index in [0.717, 1.165) is 4.36 Å². The molecular weight excluding hydrogens is 195 g/mol. The minimum absolute atomic E-state index is 0.583. The molecule has 42 valence electrons. The molecule has 0 atom stereocenters. The molecule has 0 aliphatic carbocycles. The van der Waals surface area contributed by atoms with E-state index in [2.05, 4.69) is 10.8 Å². The Hall–Kier alpha value is 0.899. The minimum atomic E-state index is 0.583. The number of thioether (sulfide) groups is 1. The summed E-state index contributed by atoms with van der Waals surface area (Å²) in [6, 6.07) is 0. The van der Waals surface area contributed by atoms with Crippen molar-refractivity contribution in [2.75, 3.05) is 6.26 Å². The van der Waals surface area contributed by atoms with Crippen molar-refractivity contribution in [3.63, 3.8) is 0 Å². The zero-order chi connectivity index (χ0) is 5.70. The van der Waals surface area contributed by atoms with Crippen molar-refractivity contribution in [2.45, 2.75) is 5.82 Å². The molecule has 0 aliphatic rings. The SMILES string of the molecule is CSC(Cl)=C[Se]C. The summed E-state index contributed by atoms with van der Waals surface area (Å²) in [5.74, 6) is 2.13. The Balaban J connectivity index is 3.29. The van der Waals surface area contributed by atoms with Gasteiger partial charge in [-0.1, -0.05) is 0 Å². The van der Waals surface area contributed by atoms with Crippen molar-refractivity contribution in [2.24, 2.45) is 0 Å². The van der Waals surface area contributed by atoms with Crippen LogP contribution in [0.15, 0.2) is 9.34 Å². The van der Waals surface area contributed by atoms with Gasteiger partial charge in [0.1, 0.15) is 0 Å². The standard InChI is InChI=1S/C4H7ClSSe/c1-6-4(5)3-7-2/h3H,1-2H3. The van der Waals surface area contributed by atoms with Gasteiger partial charge in [-0.3, -0.25) is 0 Å². The molecule has 0 spiro atoms. The van der Waals surface area contributed by atoms with E-state index in [9.17, 15) is 0 Å². The number of halogens is 1. The van der Waals surface area contributed by atoms with Gasteiger partial charge >= 0.3 is 59.7 Å². The van der Waals surface area contributed by atoms with Gasteiger partial charge in [0.15, 0.2) is 0 Å². The Morgan fingerprint density at radius 1 is 1.86 bits per heavy atom. The zero-order valence-corrected chi connectivity index (χ0v) is 7.56. The molecule has 0 saturated carbocycles. The van der Waals surface area contributed by atoms with Crippen molar-refractivity contribution >= 4 is 38.3 Å². The van der Waals surface area contributed by atoms with E-state index in [1.807, 2.05) is 6.26 Å². The first-order valence-corrected chi connectivity index (χ1v) is 6.04. The van der Waals surface area contributed by atoms with Gasteiger partial charge in [0, 0.05) is 0 Å². The van der Waals surface area contributed by atoms with Crippen LogP contribution >= 0.6 is 23.4 Å². The van der Waals surface area contributed by atoms with Crippen molar-refractivity contribution in [1.29, 1.82) is 0 Å². The number of rotatable bonds is 2. The van der Waals surface area contributed by atoms with E-state index >= 15 is 0 Å². The van der Waals surface area contributed by atoms with E-state index in [-0.39, 0.29) is 0 Å². The summed E-state index contributed by atoms with van der Waals surface area (Å²) in [6.07, 6.45) is 1.98. The first-order chi connectivity index (χ1) is 3.31. The van der Waals surface area contributed by atoms with Crippen molar-refractivity contribution in [1.82, 2.24) is 0 Å². The second kappa shape index (κ2) is 5.04. The molecule has 0 rings (SSSR count). The van der Waals surface area contributed by atoms with E-state index in [4.69, 9.17) is 11.6 Å². The van der Waals surface area contributed by atoms with Crippen LogP contribution in [0.4, 0.5) is 0 Å². The fourth-order valence-corrected chi connectivity index (χ4v) is 2.19. The fourth-order valence-electron chi connectivity index (χ4n) is 0.141. The molecule has 3 heteroatoms. The van der Waals surface area contributed by atoms with Crippen LogP contribution in [0, 0.1) is 0 Å². The summed E-state index contributed by atoms with van der Waals surface area (Å²) in [5.41, 5.74) is 0. The quantitative estimate of drug-likeness (QED) is 0.617. The summed E-state index contributed by atoms with van der Waals surface area (Å²) in [7, 11) is 0. The third kappa shape index (κ3) is 4.76. The van der Waals surface area contributed by atoms with Crippen LogP contribution in [0.1, 0.15) is 0 Å². The van der Waals surface area contributed by atoms with E-state index < -0.39 is 0 Å². The second-order valence-corrected chi connectivity index (χ2v) is 3.82. The molecule has 7 heavy (non-hydrogen) atoms. The van der Waals surface area contributed by atoms with Crippen LogP contribution < -0.4 is 0 Å². The Labute approximate surface area is 59.9 Å². The van der Waals surface area contributed by atoms with Crippen LogP contribution in [0.5, 0.6) is 0 Å².